The van der Waals surface area contributed by atoms with E-state index in [1.807, 2.05) is 30.3 Å². The standard InChI is InChI=1S/C24H19BrN2O5S/c1-13-17(9-15-7-5-4-6-8-15)22(29)26-24-27(13)23(30)20(33-24)12-16-10-18(25)21(32-14(2)28)19(11-16)31-3/h4-8,10-12H,9H2,1-3H3/b20-12-. The van der Waals surface area contributed by atoms with Gasteiger partial charge in [0.1, 0.15) is 0 Å². The fourth-order valence-corrected chi connectivity index (χ4v) is 5.06. The van der Waals surface area contributed by atoms with Gasteiger partial charge in [-0.05, 0) is 52.2 Å². The summed E-state index contributed by atoms with van der Waals surface area (Å²) in [6, 6.07) is 13.0. The van der Waals surface area contributed by atoms with Crippen LogP contribution in [0.2, 0.25) is 0 Å². The van der Waals surface area contributed by atoms with Crippen molar-refractivity contribution in [3.8, 4) is 11.5 Å². The summed E-state index contributed by atoms with van der Waals surface area (Å²) in [7, 11) is 1.46. The molecule has 4 rings (SSSR count). The lowest BCUT2D eigenvalue weighted by Gasteiger charge is -2.10. The lowest BCUT2D eigenvalue weighted by Crippen LogP contribution is -2.27. The molecule has 0 unspecified atom stereocenters. The Labute approximate surface area is 201 Å². The van der Waals surface area contributed by atoms with Crippen molar-refractivity contribution in [1.29, 1.82) is 0 Å². The topological polar surface area (TPSA) is 87.0 Å². The van der Waals surface area contributed by atoms with Gasteiger partial charge in [-0.1, -0.05) is 41.7 Å². The number of benzene rings is 2. The van der Waals surface area contributed by atoms with Crippen LogP contribution >= 0.6 is 27.3 Å². The van der Waals surface area contributed by atoms with Gasteiger partial charge in [0.25, 0.3) is 11.1 Å². The molecule has 0 radical (unpaired) electrons. The SMILES string of the molecule is COc1cc(/C=c2\sc3nc(=O)c(Cc4ccccc4)c(C)n3c2=O)cc(Br)c1OC(C)=O. The van der Waals surface area contributed by atoms with Crippen molar-refractivity contribution < 1.29 is 14.3 Å². The van der Waals surface area contributed by atoms with Gasteiger partial charge in [0.15, 0.2) is 11.5 Å². The molecule has 0 aliphatic heterocycles. The zero-order chi connectivity index (χ0) is 23.7. The minimum absolute atomic E-state index is 0.256. The van der Waals surface area contributed by atoms with Crippen LogP contribution in [0.3, 0.4) is 0 Å². The summed E-state index contributed by atoms with van der Waals surface area (Å²) in [5.74, 6) is 0.123. The van der Waals surface area contributed by atoms with Crippen LogP contribution in [0.4, 0.5) is 0 Å². The molecule has 0 saturated heterocycles. The maximum atomic E-state index is 13.2. The highest BCUT2D eigenvalue weighted by atomic mass is 79.9. The highest BCUT2D eigenvalue weighted by Crippen LogP contribution is 2.37. The van der Waals surface area contributed by atoms with Crippen LogP contribution in [0, 0.1) is 6.92 Å². The van der Waals surface area contributed by atoms with Crippen molar-refractivity contribution in [2.45, 2.75) is 20.3 Å². The van der Waals surface area contributed by atoms with Gasteiger partial charge in [0.2, 0.25) is 4.96 Å². The van der Waals surface area contributed by atoms with Gasteiger partial charge in [-0.15, -0.1) is 0 Å². The second kappa shape index (κ2) is 9.29. The molecule has 0 N–H and O–H groups in total. The van der Waals surface area contributed by atoms with Crippen LogP contribution in [0.5, 0.6) is 11.5 Å². The zero-order valence-corrected chi connectivity index (χ0v) is 20.5. The van der Waals surface area contributed by atoms with E-state index in [4.69, 9.17) is 9.47 Å². The first-order chi connectivity index (χ1) is 15.8. The Kier molecular flexibility index (Phi) is 6.44. The predicted molar refractivity (Wildman–Crippen MR) is 130 cm³/mol. The molecule has 2 aromatic heterocycles. The third-order valence-electron chi connectivity index (χ3n) is 5.05. The van der Waals surface area contributed by atoms with Crippen LogP contribution in [0.1, 0.15) is 29.3 Å². The maximum absolute atomic E-state index is 13.2. The zero-order valence-electron chi connectivity index (χ0n) is 18.0. The van der Waals surface area contributed by atoms with Crippen molar-refractivity contribution >= 4 is 44.3 Å². The van der Waals surface area contributed by atoms with Crippen LogP contribution in [0.25, 0.3) is 11.0 Å². The first kappa shape index (κ1) is 22.9. The van der Waals surface area contributed by atoms with Crippen LogP contribution in [-0.4, -0.2) is 22.5 Å². The summed E-state index contributed by atoms with van der Waals surface area (Å²) in [5.41, 5.74) is 2.11. The summed E-state index contributed by atoms with van der Waals surface area (Å²) in [4.78, 5) is 41.8. The number of carbonyl (C=O) groups excluding carboxylic acids is 1. The number of fused-ring (bicyclic) bond motifs is 1. The Morgan fingerprint density at radius 1 is 1.21 bits per heavy atom. The lowest BCUT2D eigenvalue weighted by atomic mass is 10.1. The Morgan fingerprint density at radius 3 is 2.61 bits per heavy atom. The average Bonchev–Trinajstić information content (AvgIpc) is 3.08. The fraction of sp³-hybridized carbons (Fsp3) is 0.167. The molecule has 0 fully saturated rings. The highest BCUT2D eigenvalue weighted by Gasteiger charge is 2.16. The van der Waals surface area contributed by atoms with E-state index in [-0.39, 0.29) is 16.9 Å². The first-order valence-electron chi connectivity index (χ1n) is 9.95. The molecule has 0 saturated carbocycles. The number of nitrogens with zero attached hydrogens (tertiary/aromatic N) is 2. The van der Waals surface area contributed by atoms with Crippen molar-refractivity contribution in [3.05, 3.63) is 94.6 Å². The number of aromatic nitrogens is 2. The number of rotatable bonds is 5. The average molecular weight is 527 g/mol. The van der Waals surface area contributed by atoms with E-state index < -0.39 is 5.97 Å². The van der Waals surface area contributed by atoms with Crippen LogP contribution in [-0.2, 0) is 11.2 Å². The monoisotopic (exact) mass is 526 g/mol. The Hall–Kier alpha value is -3.30. The fourth-order valence-electron chi connectivity index (χ4n) is 3.51. The summed E-state index contributed by atoms with van der Waals surface area (Å²) in [5, 5.41) is 0. The molecule has 0 atom stereocenters. The molecule has 0 aliphatic carbocycles. The van der Waals surface area contributed by atoms with E-state index in [0.29, 0.717) is 43.0 Å². The van der Waals surface area contributed by atoms with Gasteiger partial charge in [0, 0.05) is 24.6 Å². The smallest absolute Gasteiger partial charge is 0.308 e. The normalized spacial score (nSPS) is 11.7. The number of hydrogen-bond acceptors (Lipinski definition) is 7. The molecule has 0 bridgehead atoms. The number of halogens is 1. The molecular formula is C24H19BrN2O5S. The number of thiazole rings is 1. The van der Waals surface area contributed by atoms with E-state index in [2.05, 4.69) is 20.9 Å². The molecule has 0 aliphatic rings. The molecule has 7 nitrogen and oxygen atoms in total. The van der Waals surface area contributed by atoms with Crippen LogP contribution in [0.15, 0.2) is 56.5 Å². The summed E-state index contributed by atoms with van der Waals surface area (Å²) >= 11 is 4.52. The molecule has 2 heterocycles. The number of methoxy groups -OCH3 is 1. The maximum Gasteiger partial charge on any atom is 0.308 e. The van der Waals surface area contributed by atoms with E-state index in [1.54, 1.807) is 25.1 Å². The largest absolute Gasteiger partial charge is 0.493 e. The summed E-state index contributed by atoms with van der Waals surface area (Å²) in [6.45, 7) is 3.06. The van der Waals surface area contributed by atoms with Crippen molar-refractivity contribution in [3.63, 3.8) is 0 Å². The molecule has 9 heteroatoms. The number of hydrogen-bond donors (Lipinski definition) is 0. The second-order valence-electron chi connectivity index (χ2n) is 7.30. The van der Waals surface area contributed by atoms with Gasteiger partial charge in [-0.3, -0.25) is 18.8 Å². The number of esters is 1. The Morgan fingerprint density at radius 2 is 1.94 bits per heavy atom. The van der Waals surface area contributed by atoms with Crippen molar-refractivity contribution in [1.82, 2.24) is 9.38 Å². The number of carbonyl (C=O) groups is 1. The van der Waals surface area contributed by atoms with E-state index in [1.165, 1.54) is 18.4 Å². The quantitative estimate of drug-likeness (QED) is 0.293. The minimum Gasteiger partial charge on any atom is -0.493 e. The molecule has 4 aromatic rings. The van der Waals surface area contributed by atoms with Gasteiger partial charge in [0.05, 0.1) is 16.1 Å². The van der Waals surface area contributed by atoms with Crippen molar-refractivity contribution in [2.75, 3.05) is 7.11 Å². The molecular weight excluding hydrogens is 508 g/mol. The second-order valence-corrected chi connectivity index (χ2v) is 9.17. The molecule has 0 spiro atoms. The predicted octanol–water partition coefficient (Wildman–Crippen LogP) is 3.26. The lowest BCUT2D eigenvalue weighted by molar-refractivity contribution is -0.132. The molecule has 2 aromatic carbocycles. The highest BCUT2D eigenvalue weighted by molar-refractivity contribution is 9.10. The molecule has 0 amide bonds. The van der Waals surface area contributed by atoms with Gasteiger partial charge in [-0.2, -0.15) is 4.98 Å². The number of ether oxygens (including phenoxy) is 2. The third-order valence-corrected chi connectivity index (χ3v) is 6.61. The third kappa shape index (κ3) is 4.60. The summed E-state index contributed by atoms with van der Waals surface area (Å²) < 4.78 is 12.9. The van der Waals surface area contributed by atoms with E-state index in [9.17, 15) is 14.4 Å². The van der Waals surface area contributed by atoms with Crippen molar-refractivity contribution in [2.24, 2.45) is 0 Å². The Bertz CT molecular complexity index is 1540. The summed E-state index contributed by atoms with van der Waals surface area (Å²) in [6.07, 6.45) is 2.09. The Balaban J connectivity index is 1.84. The number of aryl methyl sites for hydroxylation is 1. The molecule has 168 valence electrons. The van der Waals surface area contributed by atoms with Gasteiger partial charge >= 0.3 is 5.97 Å². The molecule has 33 heavy (non-hydrogen) atoms. The van der Waals surface area contributed by atoms with Gasteiger partial charge < -0.3 is 9.47 Å². The van der Waals surface area contributed by atoms with Crippen LogP contribution < -0.4 is 25.1 Å². The first-order valence-corrected chi connectivity index (χ1v) is 11.6. The van der Waals surface area contributed by atoms with Gasteiger partial charge in [-0.25, -0.2) is 0 Å². The van der Waals surface area contributed by atoms with E-state index in [0.717, 1.165) is 16.9 Å². The minimum atomic E-state index is -0.477. The van der Waals surface area contributed by atoms with E-state index >= 15 is 0 Å².